The number of carbonyl (C=O) groups is 2. The Balaban J connectivity index is 2.00. The van der Waals surface area contributed by atoms with Crippen LogP contribution in [0, 0.1) is 0 Å². The van der Waals surface area contributed by atoms with E-state index in [2.05, 4.69) is 15.8 Å². The zero-order chi connectivity index (χ0) is 14.3. The third kappa shape index (κ3) is 2.10. The highest BCUT2D eigenvalue weighted by Crippen LogP contribution is 2.37. The SMILES string of the molecule is CC1(C)C(=O)Nc2ccc(C3=NNC(=O)CSC3)cc21. The summed E-state index contributed by atoms with van der Waals surface area (Å²) >= 11 is 1.54. The molecule has 2 heterocycles. The van der Waals surface area contributed by atoms with Crippen LogP contribution in [-0.4, -0.2) is 29.0 Å². The Labute approximate surface area is 121 Å². The van der Waals surface area contributed by atoms with E-state index in [-0.39, 0.29) is 11.8 Å². The molecule has 0 unspecified atom stereocenters. The van der Waals surface area contributed by atoms with Gasteiger partial charge in [-0.3, -0.25) is 9.59 Å². The molecule has 0 bridgehead atoms. The van der Waals surface area contributed by atoms with Crippen molar-refractivity contribution in [3.8, 4) is 0 Å². The van der Waals surface area contributed by atoms with Gasteiger partial charge in [-0.15, -0.1) is 11.8 Å². The Hall–Kier alpha value is -1.82. The monoisotopic (exact) mass is 289 g/mol. The standard InChI is InChI=1S/C14H15N3O2S/c1-14(2)9-5-8(3-4-10(9)15-13(14)19)11-6-20-7-12(18)17-16-11/h3-5H,6-7H2,1-2H3,(H,15,19)(H,17,18). The fourth-order valence-corrected chi connectivity index (χ4v) is 3.11. The van der Waals surface area contributed by atoms with Gasteiger partial charge in [-0.1, -0.05) is 6.07 Å². The van der Waals surface area contributed by atoms with Gasteiger partial charge >= 0.3 is 0 Å². The van der Waals surface area contributed by atoms with Crippen LogP contribution in [0.3, 0.4) is 0 Å². The first kappa shape index (κ1) is 13.2. The van der Waals surface area contributed by atoms with Crippen molar-refractivity contribution in [2.75, 3.05) is 16.8 Å². The number of hydrogen-bond acceptors (Lipinski definition) is 4. The van der Waals surface area contributed by atoms with Crippen molar-refractivity contribution >= 4 is 35.0 Å². The summed E-state index contributed by atoms with van der Waals surface area (Å²) in [7, 11) is 0. The summed E-state index contributed by atoms with van der Waals surface area (Å²) in [4.78, 5) is 23.2. The number of thioether (sulfide) groups is 1. The Morgan fingerprint density at radius 3 is 2.85 bits per heavy atom. The van der Waals surface area contributed by atoms with Crippen molar-refractivity contribution in [2.24, 2.45) is 5.10 Å². The number of fused-ring (bicyclic) bond motifs is 1. The first-order chi connectivity index (χ1) is 9.48. The number of anilines is 1. The van der Waals surface area contributed by atoms with E-state index in [0.717, 1.165) is 22.5 Å². The summed E-state index contributed by atoms with van der Waals surface area (Å²) in [5, 5.41) is 7.04. The zero-order valence-corrected chi connectivity index (χ0v) is 12.1. The topological polar surface area (TPSA) is 70.6 Å². The highest BCUT2D eigenvalue weighted by molar-refractivity contribution is 8.00. The van der Waals surface area contributed by atoms with E-state index in [0.29, 0.717) is 11.5 Å². The predicted octanol–water partition coefficient (Wildman–Crippen LogP) is 1.48. The molecule has 0 saturated carbocycles. The minimum absolute atomic E-state index is 0.00938. The Morgan fingerprint density at radius 1 is 1.25 bits per heavy atom. The average molecular weight is 289 g/mol. The molecule has 0 fully saturated rings. The van der Waals surface area contributed by atoms with Crippen LogP contribution in [0.15, 0.2) is 23.3 Å². The van der Waals surface area contributed by atoms with Gasteiger partial charge in [-0.05, 0) is 37.1 Å². The third-order valence-electron chi connectivity index (χ3n) is 3.63. The highest BCUT2D eigenvalue weighted by Gasteiger charge is 2.38. The molecule has 5 nitrogen and oxygen atoms in total. The first-order valence-electron chi connectivity index (χ1n) is 6.38. The molecule has 2 aliphatic rings. The number of hydrazone groups is 1. The number of nitrogens with one attached hydrogen (secondary N) is 2. The second kappa shape index (κ2) is 4.63. The normalized spacial score (nSPS) is 20.6. The molecule has 0 saturated heterocycles. The number of hydrogen-bond donors (Lipinski definition) is 2. The van der Waals surface area contributed by atoms with Crippen LogP contribution in [0.5, 0.6) is 0 Å². The van der Waals surface area contributed by atoms with Gasteiger partial charge in [-0.25, -0.2) is 5.43 Å². The molecule has 1 aromatic rings. The van der Waals surface area contributed by atoms with Gasteiger partial charge in [0.2, 0.25) is 11.8 Å². The van der Waals surface area contributed by atoms with E-state index < -0.39 is 5.41 Å². The molecule has 0 aromatic heterocycles. The van der Waals surface area contributed by atoms with Gasteiger partial charge in [0.25, 0.3) is 0 Å². The van der Waals surface area contributed by atoms with Crippen molar-refractivity contribution in [1.82, 2.24) is 5.43 Å². The van der Waals surface area contributed by atoms with Gasteiger partial charge < -0.3 is 5.32 Å². The summed E-state index contributed by atoms with van der Waals surface area (Å²) in [6.45, 7) is 3.81. The predicted molar refractivity (Wildman–Crippen MR) is 80.1 cm³/mol. The van der Waals surface area contributed by atoms with Crippen LogP contribution in [0.2, 0.25) is 0 Å². The lowest BCUT2D eigenvalue weighted by molar-refractivity contribution is -0.120. The van der Waals surface area contributed by atoms with E-state index in [9.17, 15) is 9.59 Å². The molecule has 3 rings (SSSR count). The van der Waals surface area contributed by atoms with Crippen molar-refractivity contribution < 1.29 is 9.59 Å². The van der Waals surface area contributed by atoms with Crippen LogP contribution in [-0.2, 0) is 15.0 Å². The van der Waals surface area contributed by atoms with Gasteiger partial charge in [0, 0.05) is 11.4 Å². The summed E-state index contributed by atoms with van der Waals surface area (Å²) in [6.07, 6.45) is 0. The maximum atomic E-state index is 11.9. The first-order valence-corrected chi connectivity index (χ1v) is 7.53. The smallest absolute Gasteiger partial charge is 0.250 e. The minimum atomic E-state index is -0.535. The van der Waals surface area contributed by atoms with Crippen molar-refractivity contribution in [2.45, 2.75) is 19.3 Å². The zero-order valence-electron chi connectivity index (χ0n) is 11.3. The number of nitrogens with zero attached hydrogens (tertiary/aromatic N) is 1. The van der Waals surface area contributed by atoms with Crippen LogP contribution in [0.1, 0.15) is 25.0 Å². The van der Waals surface area contributed by atoms with Crippen molar-refractivity contribution in [1.29, 1.82) is 0 Å². The molecule has 2 N–H and O–H groups in total. The Bertz CT molecular complexity index is 637. The van der Waals surface area contributed by atoms with Crippen molar-refractivity contribution in [3.05, 3.63) is 29.3 Å². The minimum Gasteiger partial charge on any atom is -0.325 e. The highest BCUT2D eigenvalue weighted by atomic mass is 32.2. The molecule has 20 heavy (non-hydrogen) atoms. The molecule has 0 radical (unpaired) electrons. The molecule has 6 heteroatoms. The lowest BCUT2D eigenvalue weighted by Gasteiger charge is -2.16. The molecule has 1 aromatic carbocycles. The largest absolute Gasteiger partial charge is 0.325 e. The fraction of sp³-hybridized carbons (Fsp3) is 0.357. The summed E-state index contributed by atoms with van der Waals surface area (Å²) in [5.41, 5.74) is 5.61. The van der Waals surface area contributed by atoms with Crippen LogP contribution < -0.4 is 10.7 Å². The maximum Gasteiger partial charge on any atom is 0.250 e. The van der Waals surface area contributed by atoms with E-state index in [4.69, 9.17) is 0 Å². The van der Waals surface area contributed by atoms with Gasteiger partial charge in [0.1, 0.15) is 0 Å². The fourth-order valence-electron chi connectivity index (χ4n) is 2.33. The summed E-state index contributed by atoms with van der Waals surface area (Å²) < 4.78 is 0. The number of amides is 2. The number of carbonyl (C=O) groups excluding carboxylic acids is 2. The lowest BCUT2D eigenvalue weighted by atomic mass is 9.85. The van der Waals surface area contributed by atoms with E-state index in [1.54, 1.807) is 0 Å². The molecule has 0 spiro atoms. The van der Waals surface area contributed by atoms with E-state index >= 15 is 0 Å². The molecule has 0 atom stereocenters. The summed E-state index contributed by atoms with van der Waals surface area (Å²) in [5.74, 6) is 1.03. The number of rotatable bonds is 1. The quantitative estimate of drug-likeness (QED) is 0.822. The van der Waals surface area contributed by atoms with E-state index in [1.165, 1.54) is 11.8 Å². The van der Waals surface area contributed by atoms with Crippen LogP contribution in [0.25, 0.3) is 0 Å². The van der Waals surface area contributed by atoms with Gasteiger partial charge in [0.05, 0.1) is 16.9 Å². The van der Waals surface area contributed by atoms with Gasteiger partial charge in [-0.2, -0.15) is 5.10 Å². The lowest BCUT2D eigenvalue weighted by Crippen LogP contribution is -2.27. The summed E-state index contributed by atoms with van der Waals surface area (Å²) in [6, 6.07) is 5.82. The second-order valence-corrected chi connectivity index (χ2v) is 6.41. The molecular formula is C14H15N3O2S. The average Bonchev–Trinajstić information content (AvgIpc) is 2.58. The third-order valence-corrected chi connectivity index (χ3v) is 4.57. The Kier molecular flexibility index (Phi) is 3.05. The van der Waals surface area contributed by atoms with E-state index in [1.807, 2.05) is 32.0 Å². The molecule has 0 aliphatic carbocycles. The van der Waals surface area contributed by atoms with Crippen LogP contribution >= 0.6 is 11.8 Å². The van der Waals surface area contributed by atoms with Crippen molar-refractivity contribution in [3.63, 3.8) is 0 Å². The second-order valence-electron chi connectivity index (χ2n) is 5.43. The molecule has 104 valence electrons. The van der Waals surface area contributed by atoms with Gasteiger partial charge in [0.15, 0.2) is 0 Å². The van der Waals surface area contributed by atoms with Crippen LogP contribution in [0.4, 0.5) is 5.69 Å². The Morgan fingerprint density at radius 2 is 2.05 bits per heavy atom. The molecule has 2 aliphatic heterocycles. The molecular weight excluding hydrogens is 274 g/mol. The number of benzene rings is 1. The maximum absolute atomic E-state index is 11.9. The molecule has 2 amide bonds.